The number of hydrogen-bond acceptors (Lipinski definition) is 3. The summed E-state index contributed by atoms with van der Waals surface area (Å²) in [6, 6.07) is 0. The Balaban J connectivity index is 2.41. The van der Waals surface area contributed by atoms with Crippen molar-refractivity contribution in [2.75, 3.05) is 26.3 Å². The van der Waals surface area contributed by atoms with Gasteiger partial charge >= 0.3 is 0 Å². The second kappa shape index (κ2) is 4.16. The maximum atomic E-state index is 5.17. The molecule has 1 fully saturated rings. The first-order valence-corrected chi connectivity index (χ1v) is 3.88. The molecule has 0 bridgehead atoms. The van der Waals surface area contributed by atoms with E-state index in [-0.39, 0.29) is 0 Å². The molecule has 0 aromatic heterocycles. The third-order valence-corrected chi connectivity index (χ3v) is 1.40. The van der Waals surface area contributed by atoms with Crippen molar-refractivity contribution in [2.45, 2.75) is 13.8 Å². The first-order valence-electron chi connectivity index (χ1n) is 3.88. The SMILES string of the molecule is CC(C)=C=NN1CCOCC1. The number of hydrazone groups is 1. The van der Waals surface area contributed by atoms with Gasteiger partial charge in [-0.05, 0) is 19.4 Å². The molecule has 0 saturated carbocycles. The van der Waals surface area contributed by atoms with Crippen molar-refractivity contribution in [3.05, 3.63) is 5.57 Å². The van der Waals surface area contributed by atoms with E-state index >= 15 is 0 Å². The lowest BCUT2D eigenvalue weighted by Gasteiger charge is -2.22. The average molecular weight is 154 g/mol. The molecule has 0 radical (unpaired) electrons. The zero-order chi connectivity index (χ0) is 8.10. The average Bonchev–Trinajstić information content (AvgIpc) is 2.03. The van der Waals surface area contributed by atoms with Crippen LogP contribution in [0.5, 0.6) is 0 Å². The van der Waals surface area contributed by atoms with Crippen LogP contribution in [-0.4, -0.2) is 37.2 Å². The molecule has 0 unspecified atom stereocenters. The molecule has 1 aliphatic rings. The zero-order valence-electron chi connectivity index (χ0n) is 7.13. The predicted molar refractivity (Wildman–Crippen MR) is 44.7 cm³/mol. The number of rotatable bonds is 1. The number of morpholine rings is 1. The highest BCUT2D eigenvalue weighted by atomic mass is 16.5. The molecule has 11 heavy (non-hydrogen) atoms. The molecule has 3 heteroatoms. The van der Waals surface area contributed by atoms with E-state index in [1.54, 1.807) is 0 Å². The lowest BCUT2D eigenvalue weighted by atomic mass is 10.4. The van der Waals surface area contributed by atoms with Gasteiger partial charge in [0, 0.05) is 5.87 Å². The molecular formula is C8H14N2O. The molecule has 1 saturated heterocycles. The highest BCUT2D eigenvalue weighted by molar-refractivity contribution is 5.55. The molecule has 0 amide bonds. The van der Waals surface area contributed by atoms with Crippen LogP contribution in [0.4, 0.5) is 0 Å². The summed E-state index contributed by atoms with van der Waals surface area (Å²) >= 11 is 0. The maximum absolute atomic E-state index is 5.17. The van der Waals surface area contributed by atoms with Gasteiger partial charge in [-0.15, -0.1) is 5.10 Å². The smallest absolute Gasteiger partial charge is 0.0659 e. The van der Waals surface area contributed by atoms with Crippen molar-refractivity contribution in [1.29, 1.82) is 0 Å². The van der Waals surface area contributed by atoms with Crippen LogP contribution in [0.15, 0.2) is 10.7 Å². The largest absolute Gasteiger partial charge is 0.378 e. The van der Waals surface area contributed by atoms with E-state index in [1.807, 2.05) is 18.9 Å². The Labute approximate surface area is 67.3 Å². The van der Waals surface area contributed by atoms with Gasteiger partial charge in [-0.1, -0.05) is 0 Å². The fraction of sp³-hybridized carbons (Fsp3) is 0.750. The minimum atomic E-state index is 0.786. The van der Waals surface area contributed by atoms with E-state index in [4.69, 9.17) is 4.74 Å². The van der Waals surface area contributed by atoms with Gasteiger partial charge in [-0.3, -0.25) is 5.01 Å². The van der Waals surface area contributed by atoms with Gasteiger partial charge in [0.25, 0.3) is 0 Å². The van der Waals surface area contributed by atoms with Crippen LogP contribution in [0.3, 0.4) is 0 Å². The van der Waals surface area contributed by atoms with E-state index in [2.05, 4.69) is 11.0 Å². The lowest BCUT2D eigenvalue weighted by Crippen LogP contribution is -2.31. The molecule has 3 nitrogen and oxygen atoms in total. The van der Waals surface area contributed by atoms with Gasteiger partial charge in [-0.2, -0.15) is 0 Å². The van der Waals surface area contributed by atoms with Crippen LogP contribution in [0.2, 0.25) is 0 Å². The summed E-state index contributed by atoms with van der Waals surface area (Å²) in [5.41, 5.74) is 1.11. The molecule has 0 aromatic carbocycles. The summed E-state index contributed by atoms with van der Waals surface area (Å²) in [5.74, 6) is 2.93. The summed E-state index contributed by atoms with van der Waals surface area (Å²) in [4.78, 5) is 0. The minimum Gasteiger partial charge on any atom is -0.378 e. The quantitative estimate of drug-likeness (QED) is 0.523. The molecule has 0 spiro atoms. The maximum Gasteiger partial charge on any atom is 0.0659 e. The Morgan fingerprint density at radius 1 is 1.36 bits per heavy atom. The lowest BCUT2D eigenvalue weighted by molar-refractivity contribution is 0.0398. The monoisotopic (exact) mass is 154 g/mol. The van der Waals surface area contributed by atoms with Crippen molar-refractivity contribution in [2.24, 2.45) is 5.10 Å². The summed E-state index contributed by atoms with van der Waals surface area (Å²) in [6.45, 7) is 7.33. The topological polar surface area (TPSA) is 24.8 Å². The number of hydrogen-bond donors (Lipinski definition) is 0. The number of allylic oxidation sites excluding steroid dienone is 1. The second-order valence-corrected chi connectivity index (χ2v) is 2.78. The molecule has 0 aromatic rings. The second-order valence-electron chi connectivity index (χ2n) is 2.78. The van der Waals surface area contributed by atoms with Crippen molar-refractivity contribution < 1.29 is 4.74 Å². The Morgan fingerprint density at radius 3 is 2.55 bits per heavy atom. The Hall–Kier alpha value is -0.790. The summed E-state index contributed by atoms with van der Waals surface area (Å²) in [5, 5.41) is 6.13. The summed E-state index contributed by atoms with van der Waals surface area (Å²) in [6.07, 6.45) is 0. The Bertz CT molecular complexity index is 173. The normalized spacial score (nSPS) is 17.5. The van der Waals surface area contributed by atoms with Gasteiger partial charge in [-0.25, -0.2) is 0 Å². The van der Waals surface area contributed by atoms with E-state index < -0.39 is 0 Å². The number of ether oxygens (including phenoxy) is 1. The third kappa shape index (κ3) is 3.21. The highest BCUT2D eigenvalue weighted by Gasteiger charge is 2.05. The van der Waals surface area contributed by atoms with Gasteiger partial charge in [0.15, 0.2) is 0 Å². The molecule has 0 atom stereocenters. The first kappa shape index (κ1) is 8.31. The van der Waals surface area contributed by atoms with Crippen LogP contribution in [0.1, 0.15) is 13.8 Å². The first-order chi connectivity index (χ1) is 5.29. The van der Waals surface area contributed by atoms with Crippen molar-refractivity contribution in [3.8, 4) is 0 Å². The van der Waals surface area contributed by atoms with E-state index in [1.165, 1.54) is 0 Å². The fourth-order valence-electron chi connectivity index (χ4n) is 0.824. The Morgan fingerprint density at radius 2 is 2.00 bits per heavy atom. The molecule has 0 N–H and O–H groups in total. The van der Waals surface area contributed by atoms with E-state index in [0.29, 0.717) is 0 Å². The van der Waals surface area contributed by atoms with Crippen LogP contribution < -0.4 is 0 Å². The van der Waals surface area contributed by atoms with Gasteiger partial charge < -0.3 is 4.74 Å². The fourth-order valence-corrected chi connectivity index (χ4v) is 0.824. The van der Waals surface area contributed by atoms with Crippen LogP contribution in [-0.2, 0) is 4.74 Å². The zero-order valence-corrected chi connectivity index (χ0v) is 7.13. The third-order valence-electron chi connectivity index (χ3n) is 1.40. The molecule has 1 rings (SSSR count). The number of nitrogens with zero attached hydrogens (tertiary/aromatic N) is 2. The van der Waals surface area contributed by atoms with E-state index in [9.17, 15) is 0 Å². The molecule has 62 valence electrons. The van der Waals surface area contributed by atoms with Crippen LogP contribution in [0.25, 0.3) is 0 Å². The van der Waals surface area contributed by atoms with Crippen molar-refractivity contribution in [1.82, 2.24) is 5.01 Å². The van der Waals surface area contributed by atoms with E-state index in [0.717, 1.165) is 31.9 Å². The molecule has 1 aliphatic heterocycles. The van der Waals surface area contributed by atoms with Gasteiger partial charge in [0.1, 0.15) is 0 Å². The molecule has 1 heterocycles. The van der Waals surface area contributed by atoms with Crippen LogP contribution in [0, 0.1) is 0 Å². The molecule has 0 aliphatic carbocycles. The van der Waals surface area contributed by atoms with Gasteiger partial charge in [0.2, 0.25) is 0 Å². The van der Waals surface area contributed by atoms with Crippen molar-refractivity contribution in [3.63, 3.8) is 0 Å². The van der Waals surface area contributed by atoms with Crippen LogP contribution >= 0.6 is 0 Å². The van der Waals surface area contributed by atoms with Crippen molar-refractivity contribution >= 4 is 5.87 Å². The standard InChI is InChI=1S/C8H14N2O/c1-8(2)7-9-10-3-5-11-6-4-10/h3-6H2,1-2H3. The minimum absolute atomic E-state index is 0.786. The Kier molecular flexibility index (Phi) is 3.14. The van der Waals surface area contributed by atoms with Gasteiger partial charge in [0.05, 0.1) is 26.3 Å². The highest BCUT2D eigenvalue weighted by Crippen LogP contribution is 1.95. The summed E-state index contributed by atoms with van der Waals surface area (Å²) in [7, 11) is 0. The summed E-state index contributed by atoms with van der Waals surface area (Å²) < 4.78 is 5.17. The molecular weight excluding hydrogens is 140 g/mol. The predicted octanol–water partition coefficient (Wildman–Crippen LogP) is 0.870.